The number of sulfonamides is 1. The first-order chi connectivity index (χ1) is 15.6. The number of benzene rings is 1. The van der Waals surface area contributed by atoms with E-state index >= 15 is 0 Å². The number of primary sulfonamides is 1. The van der Waals surface area contributed by atoms with Crippen molar-refractivity contribution in [3.8, 4) is 6.07 Å². The van der Waals surface area contributed by atoms with Gasteiger partial charge in [0.2, 0.25) is 21.8 Å². The SMILES string of the molecule is C[C@@H](CN1C[C@@H]2C[C@H]1C(=O)N2[C@@H](C)c1cccc(S(N)(=O)=O)c1)C(=O)N1C2C[C@H]2C[C@H]1C#N. The van der Waals surface area contributed by atoms with Crippen molar-refractivity contribution in [2.75, 3.05) is 13.1 Å². The minimum atomic E-state index is -3.82. The van der Waals surface area contributed by atoms with Gasteiger partial charge in [0.1, 0.15) is 6.04 Å². The number of rotatable bonds is 6. The second-order valence-electron chi connectivity index (χ2n) is 9.99. The van der Waals surface area contributed by atoms with Gasteiger partial charge in [-0.25, -0.2) is 13.6 Å². The molecule has 0 spiro atoms. The molecule has 176 valence electrons. The Kier molecular flexibility index (Phi) is 5.27. The molecule has 2 N–H and O–H groups in total. The van der Waals surface area contributed by atoms with Crippen LogP contribution in [0.1, 0.15) is 44.7 Å². The van der Waals surface area contributed by atoms with Crippen LogP contribution in [0.3, 0.4) is 0 Å². The van der Waals surface area contributed by atoms with Crippen molar-refractivity contribution in [1.29, 1.82) is 5.26 Å². The highest BCUT2D eigenvalue weighted by atomic mass is 32.2. The highest BCUT2D eigenvalue weighted by Gasteiger charge is 2.55. The summed E-state index contributed by atoms with van der Waals surface area (Å²) in [5, 5.41) is 14.7. The zero-order valence-corrected chi connectivity index (χ0v) is 19.6. The number of hydrogen-bond donors (Lipinski definition) is 1. The van der Waals surface area contributed by atoms with E-state index in [-0.39, 0.29) is 52.8 Å². The lowest BCUT2D eigenvalue weighted by molar-refractivity contribution is -0.142. The van der Waals surface area contributed by atoms with E-state index in [1.165, 1.54) is 12.1 Å². The third-order valence-corrected chi connectivity index (χ3v) is 8.75. The average molecular weight is 472 g/mol. The zero-order chi connectivity index (χ0) is 23.7. The molecule has 2 amide bonds. The summed E-state index contributed by atoms with van der Waals surface area (Å²) in [7, 11) is -3.82. The number of carbonyl (C=O) groups excluding carboxylic acids is 2. The monoisotopic (exact) mass is 471 g/mol. The molecule has 10 heteroatoms. The lowest BCUT2D eigenvalue weighted by Crippen LogP contribution is -2.53. The molecule has 0 radical (unpaired) electrons. The largest absolute Gasteiger partial charge is 0.330 e. The van der Waals surface area contributed by atoms with Crippen LogP contribution in [0, 0.1) is 23.2 Å². The molecule has 1 aromatic carbocycles. The normalized spacial score (nSPS) is 32.5. The van der Waals surface area contributed by atoms with Crippen molar-refractivity contribution >= 4 is 21.8 Å². The quantitative estimate of drug-likeness (QED) is 0.655. The third kappa shape index (κ3) is 3.72. The minimum Gasteiger partial charge on any atom is -0.330 e. The Bertz CT molecular complexity index is 1150. The summed E-state index contributed by atoms with van der Waals surface area (Å²) >= 11 is 0. The summed E-state index contributed by atoms with van der Waals surface area (Å²) in [6, 6.07) is 8.09. The molecule has 7 atom stereocenters. The predicted molar refractivity (Wildman–Crippen MR) is 119 cm³/mol. The van der Waals surface area contributed by atoms with E-state index in [1.54, 1.807) is 11.0 Å². The fourth-order valence-corrected chi connectivity index (χ4v) is 6.65. The van der Waals surface area contributed by atoms with E-state index in [4.69, 9.17) is 5.14 Å². The van der Waals surface area contributed by atoms with Gasteiger partial charge in [0, 0.05) is 31.1 Å². The summed E-state index contributed by atoms with van der Waals surface area (Å²) in [4.78, 5) is 32.1. The molecule has 1 aliphatic carbocycles. The van der Waals surface area contributed by atoms with Crippen LogP contribution in [0.15, 0.2) is 29.2 Å². The Morgan fingerprint density at radius 3 is 2.70 bits per heavy atom. The van der Waals surface area contributed by atoms with Crippen LogP contribution >= 0.6 is 0 Å². The molecule has 3 saturated heterocycles. The van der Waals surface area contributed by atoms with Gasteiger partial charge in [-0.3, -0.25) is 14.5 Å². The first kappa shape index (κ1) is 22.3. The average Bonchev–Trinajstić information content (AvgIpc) is 3.11. The van der Waals surface area contributed by atoms with Crippen molar-refractivity contribution in [2.24, 2.45) is 17.0 Å². The van der Waals surface area contributed by atoms with Crippen LogP contribution < -0.4 is 5.14 Å². The highest BCUT2D eigenvalue weighted by Crippen LogP contribution is 2.48. The number of amides is 2. The number of hydrogen-bond acceptors (Lipinski definition) is 6. The van der Waals surface area contributed by atoms with Gasteiger partial charge in [0.15, 0.2) is 0 Å². The molecule has 4 fully saturated rings. The Labute approximate surface area is 194 Å². The number of piperazine rings is 1. The van der Waals surface area contributed by atoms with Crippen LogP contribution in [0.2, 0.25) is 0 Å². The fraction of sp³-hybridized carbons (Fsp3) is 0.609. The van der Waals surface area contributed by atoms with Crippen LogP contribution in [-0.2, 0) is 19.6 Å². The molecular formula is C23H29N5O4S. The van der Waals surface area contributed by atoms with E-state index in [1.807, 2.05) is 24.8 Å². The van der Waals surface area contributed by atoms with E-state index in [9.17, 15) is 23.3 Å². The number of nitrogens with two attached hydrogens (primary N) is 1. The number of fused-ring (bicyclic) bond motifs is 3. The number of carbonyl (C=O) groups is 2. The maximum Gasteiger partial charge on any atom is 0.240 e. The smallest absolute Gasteiger partial charge is 0.240 e. The summed E-state index contributed by atoms with van der Waals surface area (Å²) in [6.45, 7) is 4.97. The molecule has 0 aromatic heterocycles. The predicted octanol–water partition coefficient (Wildman–Crippen LogP) is 0.829. The van der Waals surface area contributed by atoms with E-state index in [0.717, 1.165) is 18.4 Å². The summed E-state index contributed by atoms with van der Waals surface area (Å²) in [5.41, 5.74) is 0.730. The lowest BCUT2D eigenvalue weighted by Gasteiger charge is -2.38. The maximum absolute atomic E-state index is 13.2. The van der Waals surface area contributed by atoms with E-state index in [2.05, 4.69) is 11.0 Å². The summed E-state index contributed by atoms with van der Waals surface area (Å²) in [6.07, 6.45) is 2.49. The number of nitriles is 1. The van der Waals surface area contributed by atoms with Gasteiger partial charge >= 0.3 is 0 Å². The summed E-state index contributed by atoms with van der Waals surface area (Å²) < 4.78 is 23.4. The molecule has 2 bridgehead atoms. The van der Waals surface area contributed by atoms with Crippen molar-refractivity contribution < 1.29 is 18.0 Å². The molecule has 1 unspecified atom stereocenters. The van der Waals surface area contributed by atoms with Crippen molar-refractivity contribution in [1.82, 2.24) is 14.7 Å². The fourth-order valence-electron chi connectivity index (χ4n) is 6.08. The molecule has 9 nitrogen and oxygen atoms in total. The van der Waals surface area contributed by atoms with Crippen molar-refractivity contribution in [3.63, 3.8) is 0 Å². The lowest BCUT2D eigenvalue weighted by atomic mass is 10.0. The van der Waals surface area contributed by atoms with Gasteiger partial charge in [-0.15, -0.1) is 0 Å². The standard InChI is InChI=1S/C23H29N5O4S/c1-13(22(29)28-17(10-24)6-16-8-20(16)28)11-26-12-18-9-21(26)23(30)27(18)14(2)15-4-3-5-19(7-15)33(25,31)32/h3-5,7,13-14,16-18,20-21H,6,8-9,11-12H2,1-2H3,(H2,25,31,32)/t13-,14-,16+,17-,18-,20?,21-/m0/s1. The second-order valence-corrected chi connectivity index (χ2v) is 11.5. The van der Waals surface area contributed by atoms with E-state index < -0.39 is 10.0 Å². The van der Waals surface area contributed by atoms with Crippen LogP contribution in [-0.4, -0.2) is 72.2 Å². The number of piperidine rings is 1. The molecule has 4 aliphatic rings. The van der Waals surface area contributed by atoms with Gasteiger partial charge in [-0.05, 0) is 49.8 Å². The van der Waals surface area contributed by atoms with Gasteiger partial charge in [0.25, 0.3) is 0 Å². The maximum atomic E-state index is 13.2. The molecule has 1 saturated carbocycles. The Balaban J connectivity index is 1.25. The van der Waals surface area contributed by atoms with Crippen LogP contribution in [0.25, 0.3) is 0 Å². The second kappa shape index (κ2) is 7.79. The first-order valence-electron chi connectivity index (χ1n) is 11.5. The highest BCUT2D eigenvalue weighted by molar-refractivity contribution is 7.89. The van der Waals surface area contributed by atoms with Gasteiger partial charge in [0.05, 0.1) is 23.0 Å². The van der Waals surface area contributed by atoms with Crippen molar-refractivity contribution in [2.45, 2.75) is 68.2 Å². The minimum absolute atomic E-state index is 0.0118. The summed E-state index contributed by atoms with van der Waals surface area (Å²) in [5.74, 6) is 0.243. The number of nitrogens with zero attached hydrogens (tertiary/aromatic N) is 4. The third-order valence-electron chi connectivity index (χ3n) is 7.84. The first-order valence-corrected chi connectivity index (χ1v) is 13.1. The molecule has 3 aliphatic heterocycles. The Hall–Kier alpha value is -2.48. The molecule has 33 heavy (non-hydrogen) atoms. The van der Waals surface area contributed by atoms with Gasteiger partial charge < -0.3 is 9.80 Å². The van der Waals surface area contributed by atoms with Crippen LogP contribution in [0.5, 0.6) is 0 Å². The molecular weight excluding hydrogens is 442 g/mol. The Morgan fingerprint density at radius 2 is 2.03 bits per heavy atom. The van der Waals surface area contributed by atoms with E-state index in [0.29, 0.717) is 25.4 Å². The molecule has 5 rings (SSSR count). The topological polar surface area (TPSA) is 128 Å². The molecule has 1 aromatic rings. The van der Waals surface area contributed by atoms with Crippen molar-refractivity contribution in [3.05, 3.63) is 29.8 Å². The molecule has 3 heterocycles. The Morgan fingerprint density at radius 1 is 1.27 bits per heavy atom. The zero-order valence-electron chi connectivity index (χ0n) is 18.8. The van der Waals surface area contributed by atoms with Gasteiger partial charge in [-0.1, -0.05) is 19.1 Å². The number of likely N-dealkylation sites (tertiary alicyclic amines) is 3. The van der Waals surface area contributed by atoms with Gasteiger partial charge in [-0.2, -0.15) is 5.26 Å². The van der Waals surface area contributed by atoms with Crippen LogP contribution in [0.4, 0.5) is 0 Å².